The molecule has 1 atom stereocenters. The fourth-order valence-electron chi connectivity index (χ4n) is 2.28. The molecule has 0 aliphatic carbocycles. The van der Waals surface area contributed by atoms with Crippen molar-refractivity contribution in [3.63, 3.8) is 0 Å². The van der Waals surface area contributed by atoms with Crippen molar-refractivity contribution < 1.29 is 9.47 Å². The van der Waals surface area contributed by atoms with Crippen molar-refractivity contribution in [2.45, 2.75) is 39.2 Å². The summed E-state index contributed by atoms with van der Waals surface area (Å²) >= 11 is 0. The predicted octanol–water partition coefficient (Wildman–Crippen LogP) is 3.29. The van der Waals surface area contributed by atoms with Gasteiger partial charge in [-0.2, -0.15) is 0 Å². The zero-order valence-corrected chi connectivity index (χ0v) is 13.8. The molecule has 1 N–H and O–H groups in total. The summed E-state index contributed by atoms with van der Waals surface area (Å²) < 4.78 is 10.7. The Balaban J connectivity index is 2.30. The van der Waals surface area contributed by atoms with E-state index in [0.717, 1.165) is 45.6 Å². The van der Waals surface area contributed by atoms with Crippen LogP contribution in [0.2, 0.25) is 0 Å². The molecular weight excluding hydrogens is 262 g/mol. The van der Waals surface area contributed by atoms with Crippen LogP contribution < -0.4 is 5.32 Å². The maximum atomic E-state index is 5.70. The van der Waals surface area contributed by atoms with Crippen molar-refractivity contribution in [2.75, 3.05) is 33.5 Å². The number of rotatable bonds is 12. The average Bonchev–Trinajstić information content (AvgIpc) is 2.49. The normalized spacial score (nSPS) is 12.8. The first-order valence-electron chi connectivity index (χ1n) is 8.06. The largest absolute Gasteiger partial charge is 0.385 e. The van der Waals surface area contributed by atoms with E-state index < -0.39 is 0 Å². The molecule has 0 saturated carbocycles. The smallest absolute Gasteiger partial charge is 0.0487 e. The first-order valence-corrected chi connectivity index (χ1v) is 8.06. The predicted molar refractivity (Wildman–Crippen MR) is 88.7 cm³/mol. The van der Waals surface area contributed by atoms with E-state index in [4.69, 9.17) is 9.47 Å². The van der Waals surface area contributed by atoms with E-state index in [1.165, 1.54) is 5.56 Å². The molecule has 1 unspecified atom stereocenters. The molecule has 0 heterocycles. The van der Waals surface area contributed by atoms with E-state index in [1.807, 2.05) is 0 Å². The lowest BCUT2D eigenvalue weighted by Gasteiger charge is -2.19. The third-order valence-corrected chi connectivity index (χ3v) is 3.49. The summed E-state index contributed by atoms with van der Waals surface area (Å²) in [6, 6.07) is 11.3. The number of hydrogen-bond acceptors (Lipinski definition) is 3. The summed E-state index contributed by atoms with van der Waals surface area (Å²) in [5.41, 5.74) is 1.41. The van der Waals surface area contributed by atoms with Gasteiger partial charge in [0.2, 0.25) is 0 Å². The molecule has 1 rings (SSSR count). The molecule has 3 heteroatoms. The van der Waals surface area contributed by atoms with E-state index >= 15 is 0 Å². The van der Waals surface area contributed by atoms with Crippen LogP contribution >= 0.6 is 0 Å². The second-order valence-electron chi connectivity index (χ2n) is 5.87. The van der Waals surface area contributed by atoms with Crippen molar-refractivity contribution in [2.24, 2.45) is 5.92 Å². The van der Waals surface area contributed by atoms with Gasteiger partial charge in [0, 0.05) is 33.0 Å². The molecule has 0 fully saturated rings. The summed E-state index contributed by atoms with van der Waals surface area (Å²) in [5.74, 6) is 0.622. The third-order valence-electron chi connectivity index (χ3n) is 3.49. The number of benzene rings is 1. The van der Waals surface area contributed by atoms with E-state index in [-0.39, 0.29) is 0 Å². The highest BCUT2D eigenvalue weighted by Gasteiger charge is 2.10. The van der Waals surface area contributed by atoms with Crippen LogP contribution in [0, 0.1) is 5.92 Å². The molecule has 0 bridgehead atoms. The minimum absolute atomic E-state index is 0.533. The molecule has 1 aromatic rings. The van der Waals surface area contributed by atoms with E-state index in [0.29, 0.717) is 12.0 Å². The zero-order chi connectivity index (χ0) is 15.3. The molecule has 1 aromatic carbocycles. The van der Waals surface area contributed by atoms with Crippen LogP contribution in [-0.4, -0.2) is 39.5 Å². The Bertz CT molecular complexity index is 340. The SMILES string of the molecule is COCCCOCCC(CNC(C)C)Cc1ccccc1. The molecule has 0 aliphatic heterocycles. The number of ether oxygens (including phenoxy) is 2. The Morgan fingerprint density at radius 3 is 2.48 bits per heavy atom. The molecule has 21 heavy (non-hydrogen) atoms. The van der Waals surface area contributed by atoms with Crippen molar-refractivity contribution in [3.8, 4) is 0 Å². The Morgan fingerprint density at radius 2 is 1.81 bits per heavy atom. The molecule has 0 aromatic heterocycles. The second kappa shape index (κ2) is 11.7. The monoisotopic (exact) mass is 293 g/mol. The summed E-state index contributed by atoms with van der Waals surface area (Å²) in [7, 11) is 1.73. The van der Waals surface area contributed by atoms with Gasteiger partial charge in [0.1, 0.15) is 0 Å². The van der Waals surface area contributed by atoms with Gasteiger partial charge in [-0.25, -0.2) is 0 Å². The second-order valence-corrected chi connectivity index (χ2v) is 5.87. The Morgan fingerprint density at radius 1 is 1.05 bits per heavy atom. The highest BCUT2D eigenvalue weighted by molar-refractivity contribution is 5.15. The third kappa shape index (κ3) is 9.62. The maximum absolute atomic E-state index is 5.70. The topological polar surface area (TPSA) is 30.5 Å². The fraction of sp³-hybridized carbons (Fsp3) is 0.667. The van der Waals surface area contributed by atoms with Crippen LogP contribution in [-0.2, 0) is 15.9 Å². The van der Waals surface area contributed by atoms with Crippen LogP contribution in [0.25, 0.3) is 0 Å². The van der Waals surface area contributed by atoms with Gasteiger partial charge in [0.25, 0.3) is 0 Å². The molecule has 120 valence electrons. The molecule has 0 radical (unpaired) electrons. The summed E-state index contributed by atoms with van der Waals surface area (Å²) in [4.78, 5) is 0. The van der Waals surface area contributed by atoms with Gasteiger partial charge in [0.05, 0.1) is 0 Å². The first kappa shape index (κ1) is 18.1. The molecule has 0 aliphatic rings. The quantitative estimate of drug-likeness (QED) is 0.600. The lowest BCUT2D eigenvalue weighted by molar-refractivity contribution is 0.0933. The van der Waals surface area contributed by atoms with Crippen LogP contribution in [0.1, 0.15) is 32.3 Å². The lowest BCUT2D eigenvalue weighted by atomic mass is 9.96. The lowest BCUT2D eigenvalue weighted by Crippen LogP contribution is -2.30. The van der Waals surface area contributed by atoms with Crippen LogP contribution in [0.15, 0.2) is 30.3 Å². The van der Waals surface area contributed by atoms with Gasteiger partial charge in [-0.05, 0) is 37.3 Å². The number of hydrogen-bond donors (Lipinski definition) is 1. The molecule has 0 saturated heterocycles. The Kier molecular flexibility index (Phi) is 10.1. The molecule has 0 spiro atoms. The highest BCUT2D eigenvalue weighted by Crippen LogP contribution is 2.12. The van der Waals surface area contributed by atoms with Crippen molar-refractivity contribution in [3.05, 3.63) is 35.9 Å². The Labute approximate surface area is 130 Å². The average molecular weight is 293 g/mol. The van der Waals surface area contributed by atoms with Crippen molar-refractivity contribution in [1.29, 1.82) is 0 Å². The van der Waals surface area contributed by atoms with E-state index in [2.05, 4.69) is 49.5 Å². The number of nitrogens with one attached hydrogen (secondary N) is 1. The summed E-state index contributed by atoms with van der Waals surface area (Å²) in [5, 5.41) is 3.55. The van der Waals surface area contributed by atoms with E-state index in [9.17, 15) is 0 Å². The molecular formula is C18H31NO2. The van der Waals surface area contributed by atoms with Gasteiger partial charge < -0.3 is 14.8 Å². The van der Waals surface area contributed by atoms with Gasteiger partial charge in [-0.3, -0.25) is 0 Å². The van der Waals surface area contributed by atoms with Crippen LogP contribution in [0.3, 0.4) is 0 Å². The minimum Gasteiger partial charge on any atom is -0.385 e. The van der Waals surface area contributed by atoms with Gasteiger partial charge in [-0.1, -0.05) is 44.2 Å². The van der Waals surface area contributed by atoms with Gasteiger partial charge in [0.15, 0.2) is 0 Å². The van der Waals surface area contributed by atoms with Crippen molar-refractivity contribution in [1.82, 2.24) is 5.32 Å². The first-order chi connectivity index (χ1) is 10.2. The maximum Gasteiger partial charge on any atom is 0.0487 e. The summed E-state index contributed by atoms with van der Waals surface area (Å²) in [6.45, 7) is 7.85. The van der Waals surface area contributed by atoms with Gasteiger partial charge in [-0.15, -0.1) is 0 Å². The standard InChI is InChI=1S/C18H31NO2/c1-16(2)19-15-18(10-13-21-12-7-11-20-3)14-17-8-5-4-6-9-17/h4-6,8-9,16,18-19H,7,10-15H2,1-3H3. The zero-order valence-electron chi connectivity index (χ0n) is 13.8. The highest BCUT2D eigenvalue weighted by atomic mass is 16.5. The number of methoxy groups -OCH3 is 1. The van der Waals surface area contributed by atoms with E-state index in [1.54, 1.807) is 7.11 Å². The minimum atomic E-state index is 0.533. The summed E-state index contributed by atoms with van der Waals surface area (Å²) in [6.07, 6.45) is 3.19. The van der Waals surface area contributed by atoms with Crippen LogP contribution in [0.4, 0.5) is 0 Å². The fourth-order valence-corrected chi connectivity index (χ4v) is 2.28. The van der Waals surface area contributed by atoms with Gasteiger partial charge >= 0.3 is 0 Å². The molecule has 0 amide bonds. The Hall–Kier alpha value is -0.900. The van der Waals surface area contributed by atoms with Crippen molar-refractivity contribution >= 4 is 0 Å². The van der Waals surface area contributed by atoms with Crippen LogP contribution in [0.5, 0.6) is 0 Å². The molecule has 3 nitrogen and oxygen atoms in total.